The Labute approximate surface area is 112 Å². The molecule has 0 N–H and O–H groups in total. The van der Waals surface area contributed by atoms with E-state index in [1.54, 1.807) is 12.1 Å². The van der Waals surface area contributed by atoms with Gasteiger partial charge in [-0.3, -0.25) is 0 Å². The molecule has 0 spiro atoms. The van der Waals surface area contributed by atoms with E-state index in [0.29, 0.717) is 5.57 Å². The lowest BCUT2D eigenvalue weighted by molar-refractivity contribution is 0.627. The summed E-state index contributed by atoms with van der Waals surface area (Å²) in [7, 11) is 0. The van der Waals surface area contributed by atoms with E-state index in [-0.39, 0.29) is 5.82 Å². The highest BCUT2D eigenvalue weighted by molar-refractivity contribution is 5.90. The van der Waals surface area contributed by atoms with Gasteiger partial charge in [0.2, 0.25) is 0 Å². The van der Waals surface area contributed by atoms with E-state index in [2.05, 4.69) is 6.07 Å². The summed E-state index contributed by atoms with van der Waals surface area (Å²) >= 11 is 0. The maximum Gasteiger partial charge on any atom is 0.123 e. The molecule has 2 heteroatoms. The van der Waals surface area contributed by atoms with Crippen LogP contribution in [0, 0.1) is 31.0 Å². The van der Waals surface area contributed by atoms with Crippen LogP contribution in [0.3, 0.4) is 0 Å². The second-order valence-corrected chi connectivity index (χ2v) is 4.54. The highest BCUT2D eigenvalue weighted by Crippen LogP contribution is 2.20. The zero-order valence-corrected chi connectivity index (χ0v) is 10.9. The van der Waals surface area contributed by atoms with Crippen LogP contribution < -0.4 is 0 Å². The third kappa shape index (κ3) is 3.08. The van der Waals surface area contributed by atoms with Crippen LogP contribution in [0.2, 0.25) is 0 Å². The van der Waals surface area contributed by atoms with Crippen molar-refractivity contribution in [1.29, 1.82) is 5.26 Å². The van der Waals surface area contributed by atoms with Crippen LogP contribution in [0.25, 0.3) is 11.6 Å². The molecule has 0 aliphatic carbocycles. The van der Waals surface area contributed by atoms with Gasteiger partial charge in [-0.2, -0.15) is 5.26 Å². The lowest BCUT2D eigenvalue weighted by atomic mass is 10.00. The summed E-state index contributed by atoms with van der Waals surface area (Å²) in [6, 6.07) is 14.2. The van der Waals surface area contributed by atoms with E-state index < -0.39 is 0 Å². The normalized spacial score (nSPS) is 11.2. The molecule has 0 saturated heterocycles. The molecule has 0 atom stereocenters. The lowest BCUT2D eigenvalue weighted by Crippen LogP contribution is -1.86. The number of hydrogen-bond donors (Lipinski definition) is 0. The molecule has 0 heterocycles. The van der Waals surface area contributed by atoms with Gasteiger partial charge in [0, 0.05) is 0 Å². The van der Waals surface area contributed by atoms with Crippen LogP contribution in [0.1, 0.15) is 22.3 Å². The molecule has 0 aromatic heterocycles. The first-order valence-electron chi connectivity index (χ1n) is 6.05. The Morgan fingerprint density at radius 3 is 2.42 bits per heavy atom. The molecule has 2 aromatic carbocycles. The topological polar surface area (TPSA) is 23.8 Å². The van der Waals surface area contributed by atoms with Gasteiger partial charge in [-0.1, -0.05) is 35.9 Å². The fourth-order valence-corrected chi connectivity index (χ4v) is 1.88. The number of benzene rings is 2. The molecule has 94 valence electrons. The summed E-state index contributed by atoms with van der Waals surface area (Å²) in [6.45, 7) is 4.02. The Hall–Kier alpha value is -2.40. The Morgan fingerprint density at radius 2 is 1.79 bits per heavy atom. The molecule has 0 aliphatic heterocycles. The molecule has 2 rings (SSSR count). The van der Waals surface area contributed by atoms with E-state index in [0.717, 1.165) is 22.3 Å². The van der Waals surface area contributed by atoms with Crippen LogP contribution in [-0.2, 0) is 0 Å². The van der Waals surface area contributed by atoms with Gasteiger partial charge in [-0.05, 0) is 48.7 Å². The Balaban J connectivity index is 2.47. The van der Waals surface area contributed by atoms with Crippen molar-refractivity contribution in [3.63, 3.8) is 0 Å². The highest BCUT2D eigenvalue weighted by atomic mass is 19.1. The summed E-state index contributed by atoms with van der Waals surface area (Å²) in [5.74, 6) is -0.298. The van der Waals surface area contributed by atoms with E-state index in [1.807, 2.05) is 38.1 Å². The molecule has 0 fully saturated rings. The smallest absolute Gasteiger partial charge is 0.123 e. The van der Waals surface area contributed by atoms with Crippen molar-refractivity contribution in [2.24, 2.45) is 0 Å². The molecule has 1 nitrogen and oxygen atoms in total. The van der Waals surface area contributed by atoms with E-state index in [4.69, 9.17) is 0 Å². The van der Waals surface area contributed by atoms with Crippen LogP contribution in [0.4, 0.5) is 4.39 Å². The van der Waals surface area contributed by atoms with Crippen molar-refractivity contribution in [2.75, 3.05) is 0 Å². The molecule has 0 unspecified atom stereocenters. The lowest BCUT2D eigenvalue weighted by Gasteiger charge is -2.04. The Morgan fingerprint density at radius 1 is 1.11 bits per heavy atom. The first kappa shape index (κ1) is 13.0. The number of hydrogen-bond acceptors (Lipinski definition) is 1. The minimum absolute atomic E-state index is 0.298. The third-order valence-electron chi connectivity index (χ3n) is 3.01. The predicted molar refractivity (Wildman–Crippen MR) is 75.8 cm³/mol. The average Bonchev–Trinajstić information content (AvgIpc) is 2.41. The van der Waals surface area contributed by atoms with Gasteiger partial charge in [0.25, 0.3) is 0 Å². The quantitative estimate of drug-likeness (QED) is 0.569. The molecule has 19 heavy (non-hydrogen) atoms. The maximum absolute atomic E-state index is 12.9. The van der Waals surface area contributed by atoms with Crippen LogP contribution in [0.15, 0.2) is 42.5 Å². The Kier molecular flexibility index (Phi) is 3.77. The molecule has 0 saturated carbocycles. The fourth-order valence-electron chi connectivity index (χ4n) is 1.88. The molecule has 0 amide bonds. The molecular formula is C17H14FN. The number of allylic oxidation sites excluding steroid dienone is 1. The molecular weight excluding hydrogens is 237 g/mol. The summed E-state index contributed by atoms with van der Waals surface area (Å²) < 4.78 is 12.9. The fraction of sp³-hybridized carbons (Fsp3) is 0.118. The molecule has 0 radical (unpaired) electrons. The first-order chi connectivity index (χ1) is 9.10. The third-order valence-corrected chi connectivity index (χ3v) is 3.01. The van der Waals surface area contributed by atoms with Crippen LogP contribution in [0.5, 0.6) is 0 Å². The van der Waals surface area contributed by atoms with Crippen molar-refractivity contribution in [2.45, 2.75) is 13.8 Å². The summed E-state index contributed by atoms with van der Waals surface area (Å²) in [6.07, 6.45) is 1.84. The largest absolute Gasteiger partial charge is 0.207 e. The second kappa shape index (κ2) is 5.49. The minimum atomic E-state index is -0.298. The molecule has 0 aliphatic rings. The van der Waals surface area contributed by atoms with Gasteiger partial charge < -0.3 is 0 Å². The van der Waals surface area contributed by atoms with Gasteiger partial charge >= 0.3 is 0 Å². The van der Waals surface area contributed by atoms with Gasteiger partial charge in [-0.15, -0.1) is 0 Å². The van der Waals surface area contributed by atoms with Crippen molar-refractivity contribution >= 4 is 11.6 Å². The number of rotatable bonds is 2. The highest BCUT2D eigenvalue weighted by Gasteiger charge is 2.03. The zero-order chi connectivity index (χ0) is 13.8. The standard InChI is InChI=1S/C17H14FN/c1-12-3-4-13(2)15(9-12)10-16(11-19)14-5-7-17(18)8-6-14/h3-10H,1-2H3/b16-10+. The predicted octanol–water partition coefficient (Wildman–Crippen LogP) is 4.51. The number of halogens is 1. The van der Waals surface area contributed by atoms with E-state index in [9.17, 15) is 9.65 Å². The van der Waals surface area contributed by atoms with E-state index in [1.165, 1.54) is 12.1 Å². The first-order valence-corrected chi connectivity index (χ1v) is 6.05. The van der Waals surface area contributed by atoms with Gasteiger partial charge in [-0.25, -0.2) is 4.39 Å². The van der Waals surface area contributed by atoms with Crippen molar-refractivity contribution in [1.82, 2.24) is 0 Å². The SMILES string of the molecule is Cc1ccc(C)c(/C=C(\C#N)c2ccc(F)cc2)c1. The average molecular weight is 251 g/mol. The van der Waals surface area contributed by atoms with Gasteiger partial charge in [0.1, 0.15) is 5.82 Å². The van der Waals surface area contributed by atoms with Crippen molar-refractivity contribution in [3.8, 4) is 6.07 Å². The van der Waals surface area contributed by atoms with Crippen LogP contribution in [-0.4, -0.2) is 0 Å². The van der Waals surface area contributed by atoms with Gasteiger partial charge in [0.05, 0.1) is 11.6 Å². The Bertz CT molecular complexity index is 661. The minimum Gasteiger partial charge on any atom is -0.207 e. The number of nitrogens with zero attached hydrogens (tertiary/aromatic N) is 1. The summed E-state index contributed by atoms with van der Waals surface area (Å²) in [4.78, 5) is 0. The number of nitriles is 1. The summed E-state index contributed by atoms with van der Waals surface area (Å²) in [5, 5.41) is 9.26. The van der Waals surface area contributed by atoms with Crippen LogP contribution >= 0.6 is 0 Å². The maximum atomic E-state index is 12.9. The molecule has 2 aromatic rings. The van der Waals surface area contributed by atoms with E-state index >= 15 is 0 Å². The monoisotopic (exact) mass is 251 g/mol. The van der Waals surface area contributed by atoms with Crippen molar-refractivity contribution in [3.05, 3.63) is 70.5 Å². The zero-order valence-electron chi connectivity index (χ0n) is 10.9. The van der Waals surface area contributed by atoms with Crippen molar-refractivity contribution < 1.29 is 4.39 Å². The second-order valence-electron chi connectivity index (χ2n) is 4.54. The van der Waals surface area contributed by atoms with Gasteiger partial charge in [0.15, 0.2) is 0 Å². The summed E-state index contributed by atoms with van der Waals surface area (Å²) in [5.41, 5.74) is 4.54. The number of aryl methyl sites for hydroxylation is 2. The molecule has 0 bridgehead atoms.